The summed E-state index contributed by atoms with van der Waals surface area (Å²) >= 11 is 7.40. The highest BCUT2D eigenvalue weighted by Gasteiger charge is 2.39. The monoisotopic (exact) mass is 590 g/mol. The standard InChI is InChI=1S/C30H43ClN2O4SSi/c1-20(2)15-24(19-36-25-13-11-21(12-14-25)16-27-28(34)33-29(35)38-27)32-18-26(22-9-8-10-23(31)17-22)37-39(6,7)30(3,4)5/h8-14,17,20,24,26-27,32H,15-16,18-19H2,1-7H3,(H,33,34,35)/t24-,26+,27?/m1/s1. The van der Waals surface area contributed by atoms with Gasteiger partial charge in [-0.25, -0.2) is 0 Å². The zero-order chi connectivity index (χ0) is 28.8. The molecule has 6 nitrogen and oxygen atoms in total. The van der Waals surface area contributed by atoms with Gasteiger partial charge >= 0.3 is 0 Å². The van der Waals surface area contributed by atoms with Gasteiger partial charge in [0.25, 0.3) is 5.24 Å². The third-order valence-electron chi connectivity index (χ3n) is 7.37. The number of ether oxygens (including phenoxy) is 1. The highest BCUT2D eigenvalue weighted by Crippen LogP contribution is 2.40. The predicted molar refractivity (Wildman–Crippen MR) is 164 cm³/mol. The zero-order valence-corrected chi connectivity index (χ0v) is 26.7. The number of hydrogen-bond acceptors (Lipinski definition) is 6. The molecule has 214 valence electrons. The molecule has 0 saturated carbocycles. The molecule has 39 heavy (non-hydrogen) atoms. The first kappa shape index (κ1) is 31.7. The van der Waals surface area contributed by atoms with E-state index in [1.165, 1.54) is 0 Å². The Morgan fingerprint density at radius 1 is 1.10 bits per heavy atom. The predicted octanol–water partition coefficient (Wildman–Crippen LogP) is 7.38. The van der Waals surface area contributed by atoms with Crippen LogP contribution in [0.1, 0.15) is 58.3 Å². The largest absolute Gasteiger partial charge is 0.492 e. The number of carbonyl (C=O) groups is 2. The maximum absolute atomic E-state index is 11.9. The molecule has 1 unspecified atom stereocenters. The Kier molecular flexibility index (Phi) is 11.1. The van der Waals surface area contributed by atoms with E-state index in [0.29, 0.717) is 30.5 Å². The Labute approximate surface area is 244 Å². The quantitative estimate of drug-likeness (QED) is 0.237. The second kappa shape index (κ2) is 13.7. The molecule has 2 aromatic carbocycles. The van der Waals surface area contributed by atoms with Crippen molar-refractivity contribution < 1.29 is 18.8 Å². The third-order valence-corrected chi connectivity index (χ3v) is 13.1. The zero-order valence-electron chi connectivity index (χ0n) is 24.2. The van der Waals surface area contributed by atoms with Crippen LogP contribution in [0.25, 0.3) is 0 Å². The number of imide groups is 1. The van der Waals surface area contributed by atoms with Crippen LogP contribution in [0.15, 0.2) is 48.5 Å². The molecule has 1 heterocycles. The van der Waals surface area contributed by atoms with Crippen LogP contribution in [0.3, 0.4) is 0 Å². The van der Waals surface area contributed by atoms with Crippen molar-refractivity contribution in [3.8, 4) is 5.75 Å². The van der Waals surface area contributed by atoms with Crippen molar-refractivity contribution in [2.24, 2.45) is 5.92 Å². The molecule has 0 spiro atoms. The molecule has 1 saturated heterocycles. The van der Waals surface area contributed by atoms with E-state index in [-0.39, 0.29) is 33.6 Å². The van der Waals surface area contributed by atoms with Crippen molar-refractivity contribution in [2.75, 3.05) is 13.2 Å². The van der Waals surface area contributed by atoms with Crippen LogP contribution < -0.4 is 15.4 Å². The molecule has 0 radical (unpaired) electrons. The Morgan fingerprint density at radius 3 is 2.36 bits per heavy atom. The molecule has 2 N–H and O–H groups in total. The van der Waals surface area contributed by atoms with Gasteiger partial charge in [0.1, 0.15) is 12.4 Å². The maximum Gasteiger partial charge on any atom is 0.286 e. The van der Waals surface area contributed by atoms with Crippen LogP contribution in [0, 0.1) is 5.92 Å². The van der Waals surface area contributed by atoms with Crippen molar-refractivity contribution in [1.29, 1.82) is 0 Å². The molecule has 3 rings (SSSR count). The van der Waals surface area contributed by atoms with E-state index in [4.69, 9.17) is 20.8 Å². The third kappa shape index (κ3) is 9.64. The number of nitrogens with one attached hydrogen (secondary N) is 2. The van der Waals surface area contributed by atoms with Crippen LogP contribution in [0.5, 0.6) is 5.75 Å². The van der Waals surface area contributed by atoms with E-state index in [1.807, 2.05) is 42.5 Å². The van der Waals surface area contributed by atoms with Crippen molar-refractivity contribution in [3.05, 3.63) is 64.7 Å². The Hall–Kier alpha value is -1.84. The smallest absolute Gasteiger partial charge is 0.286 e. The fourth-order valence-corrected chi connectivity index (χ4v) is 6.52. The molecule has 0 aromatic heterocycles. The summed E-state index contributed by atoms with van der Waals surface area (Å²) in [5.41, 5.74) is 2.07. The summed E-state index contributed by atoms with van der Waals surface area (Å²) in [5.74, 6) is 1.05. The first-order valence-electron chi connectivity index (χ1n) is 13.6. The number of carbonyl (C=O) groups excluding carboxylic acids is 2. The molecular formula is C30H43ClN2O4SSi. The lowest BCUT2D eigenvalue weighted by Gasteiger charge is -2.40. The summed E-state index contributed by atoms with van der Waals surface area (Å²) in [7, 11) is -2.03. The van der Waals surface area contributed by atoms with Crippen LogP contribution in [0.4, 0.5) is 4.79 Å². The fraction of sp³-hybridized carbons (Fsp3) is 0.533. The average Bonchev–Trinajstić information content (AvgIpc) is 3.15. The van der Waals surface area contributed by atoms with E-state index < -0.39 is 8.32 Å². The number of amides is 2. The topological polar surface area (TPSA) is 76.7 Å². The molecule has 3 atom stereocenters. The number of thioether (sulfide) groups is 1. The van der Waals surface area contributed by atoms with Gasteiger partial charge in [-0.15, -0.1) is 0 Å². The molecule has 1 aliphatic heterocycles. The van der Waals surface area contributed by atoms with Crippen LogP contribution >= 0.6 is 23.4 Å². The summed E-state index contributed by atoms with van der Waals surface area (Å²) in [4.78, 5) is 23.3. The minimum Gasteiger partial charge on any atom is -0.492 e. The van der Waals surface area contributed by atoms with Gasteiger partial charge in [-0.3, -0.25) is 14.9 Å². The molecule has 1 fully saturated rings. The summed E-state index contributed by atoms with van der Waals surface area (Å²) in [6.07, 6.45) is 1.36. The van der Waals surface area contributed by atoms with Gasteiger partial charge < -0.3 is 14.5 Å². The highest BCUT2D eigenvalue weighted by atomic mass is 35.5. The van der Waals surface area contributed by atoms with Gasteiger partial charge in [0.2, 0.25) is 5.91 Å². The minimum atomic E-state index is -2.03. The lowest BCUT2D eigenvalue weighted by Crippen LogP contribution is -2.45. The van der Waals surface area contributed by atoms with E-state index in [9.17, 15) is 9.59 Å². The van der Waals surface area contributed by atoms with Gasteiger partial charge in [-0.1, -0.05) is 82.2 Å². The van der Waals surface area contributed by atoms with Crippen LogP contribution in [-0.2, 0) is 15.6 Å². The number of hydrogen-bond donors (Lipinski definition) is 2. The lowest BCUT2D eigenvalue weighted by molar-refractivity contribution is -0.118. The van der Waals surface area contributed by atoms with Gasteiger partial charge in [0.05, 0.1) is 11.4 Å². The van der Waals surface area contributed by atoms with Crippen molar-refractivity contribution >= 4 is 42.8 Å². The van der Waals surface area contributed by atoms with E-state index in [1.54, 1.807) is 0 Å². The van der Waals surface area contributed by atoms with E-state index in [2.05, 4.69) is 64.4 Å². The van der Waals surface area contributed by atoms with Crippen LogP contribution in [0.2, 0.25) is 23.2 Å². The maximum atomic E-state index is 11.9. The average molecular weight is 591 g/mol. The van der Waals surface area contributed by atoms with E-state index >= 15 is 0 Å². The van der Waals surface area contributed by atoms with Gasteiger partial charge in [-0.2, -0.15) is 0 Å². The second-order valence-electron chi connectivity index (χ2n) is 12.2. The fourth-order valence-electron chi connectivity index (χ4n) is 4.18. The summed E-state index contributed by atoms with van der Waals surface area (Å²) in [5, 5.41) is 6.22. The molecule has 0 bridgehead atoms. The van der Waals surface area contributed by atoms with Crippen LogP contribution in [-0.4, -0.2) is 43.9 Å². The summed E-state index contributed by atoms with van der Waals surface area (Å²) < 4.78 is 13.1. The van der Waals surface area contributed by atoms with Crippen molar-refractivity contribution in [1.82, 2.24) is 10.6 Å². The van der Waals surface area contributed by atoms with Crippen molar-refractivity contribution in [3.63, 3.8) is 0 Å². The molecule has 0 aliphatic carbocycles. The Balaban J connectivity index is 1.64. The number of halogens is 1. The first-order valence-corrected chi connectivity index (χ1v) is 17.8. The van der Waals surface area contributed by atoms with Gasteiger partial charge in [0, 0.05) is 17.6 Å². The number of rotatable bonds is 13. The lowest BCUT2D eigenvalue weighted by atomic mass is 10.0. The summed E-state index contributed by atoms with van der Waals surface area (Å²) in [6, 6.07) is 15.9. The van der Waals surface area contributed by atoms with Crippen molar-refractivity contribution in [2.45, 2.75) is 83.0 Å². The normalized spacial score (nSPS) is 17.8. The van der Waals surface area contributed by atoms with E-state index in [0.717, 1.165) is 35.1 Å². The van der Waals surface area contributed by atoms with Gasteiger partial charge in [0.15, 0.2) is 8.32 Å². The Bertz CT molecular complexity index is 1120. The molecule has 1 aliphatic rings. The second-order valence-corrected chi connectivity index (χ2v) is 18.6. The minimum absolute atomic E-state index is 0.0895. The molecule has 2 amide bonds. The molecule has 9 heteroatoms. The molecular weight excluding hydrogens is 548 g/mol. The molecule has 2 aromatic rings. The first-order chi connectivity index (χ1) is 18.2. The SMILES string of the molecule is CC(C)C[C@H](COc1ccc(CC2SC(=O)NC2=O)cc1)NC[C@H](O[Si](C)(C)C(C)(C)C)c1cccc(Cl)c1. The number of benzene rings is 2. The summed E-state index contributed by atoms with van der Waals surface area (Å²) in [6.45, 7) is 16.9. The van der Waals surface area contributed by atoms with Gasteiger partial charge in [-0.05, 0) is 72.3 Å². The Morgan fingerprint density at radius 2 is 1.79 bits per heavy atom. The highest BCUT2D eigenvalue weighted by molar-refractivity contribution is 8.15.